The quantitative estimate of drug-likeness (QED) is 0.0401. The molecule has 0 rings (SSSR count). The largest absolute Gasteiger partial charge is 0.748 e. The molecule has 2 atom stereocenters. The lowest BCUT2D eigenvalue weighted by molar-refractivity contribution is -0.896. The summed E-state index contributed by atoms with van der Waals surface area (Å²) in [6.45, 7) is 6.09. The van der Waals surface area contributed by atoms with E-state index < -0.39 is 10.1 Å². The normalized spacial score (nSPS) is 13.4. The fourth-order valence-corrected chi connectivity index (χ4v) is 6.55. The van der Waals surface area contributed by atoms with Crippen molar-refractivity contribution in [1.82, 2.24) is 0 Å². The standard InChI is InChI=1S/C38H80NO2.CH4O3S/c1-5-7-9-11-13-15-17-19-21-23-25-27-29-31-33-37(40)35-39(3,4)36-38(41)34-32-30-28-26-24-22-20-18-16-14-12-10-8-6-2;1-5(2,3)4/h37-38,40-41H,5-36H2,1-4H3;1H3,(H,2,3,4)/q+1;/p-1. The molecule has 0 amide bonds. The molecule has 7 heteroatoms. The number of likely N-dealkylation sites (N-methyl/N-ethyl adjacent to an activating group) is 1. The van der Waals surface area contributed by atoms with Gasteiger partial charge in [-0.05, 0) is 12.8 Å². The van der Waals surface area contributed by atoms with Gasteiger partial charge in [0.05, 0.1) is 24.2 Å². The molecule has 2 N–H and O–H groups in total. The highest BCUT2D eigenvalue weighted by molar-refractivity contribution is 7.84. The fourth-order valence-electron chi connectivity index (χ4n) is 6.55. The van der Waals surface area contributed by atoms with Crippen LogP contribution >= 0.6 is 0 Å². The lowest BCUT2D eigenvalue weighted by atomic mass is 10.0. The molecule has 0 saturated carbocycles. The molecule has 0 aliphatic carbocycles. The van der Waals surface area contributed by atoms with Crippen LogP contribution in [0.5, 0.6) is 0 Å². The van der Waals surface area contributed by atoms with Crippen LogP contribution in [0.2, 0.25) is 0 Å². The van der Waals surface area contributed by atoms with E-state index in [4.69, 9.17) is 13.0 Å². The van der Waals surface area contributed by atoms with E-state index in [-0.39, 0.29) is 12.2 Å². The summed E-state index contributed by atoms with van der Waals surface area (Å²) in [5, 5.41) is 21.2. The van der Waals surface area contributed by atoms with Crippen molar-refractivity contribution in [2.45, 2.75) is 219 Å². The molecule has 46 heavy (non-hydrogen) atoms. The van der Waals surface area contributed by atoms with Gasteiger partial charge < -0.3 is 19.2 Å². The van der Waals surface area contributed by atoms with Gasteiger partial charge >= 0.3 is 0 Å². The maximum absolute atomic E-state index is 10.6. The number of rotatable bonds is 34. The van der Waals surface area contributed by atoms with Crippen molar-refractivity contribution in [3.8, 4) is 0 Å². The van der Waals surface area contributed by atoms with Crippen LogP contribution in [0.4, 0.5) is 0 Å². The van der Waals surface area contributed by atoms with Crippen LogP contribution in [0.15, 0.2) is 0 Å². The molecule has 0 aliphatic heterocycles. The van der Waals surface area contributed by atoms with E-state index in [1.54, 1.807) is 0 Å². The Balaban J connectivity index is 0. The van der Waals surface area contributed by atoms with Crippen molar-refractivity contribution < 1.29 is 27.7 Å². The molecule has 2 unspecified atom stereocenters. The summed E-state index contributed by atoms with van der Waals surface area (Å²) < 4.78 is 28.0. The van der Waals surface area contributed by atoms with E-state index in [1.807, 2.05) is 0 Å². The third-order valence-corrected chi connectivity index (χ3v) is 9.19. The summed E-state index contributed by atoms with van der Waals surface area (Å²) in [6.07, 6.45) is 40.4. The first-order chi connectivity index (χ1) is 21.9. The Kier molecular flexibility index (Phi) is 36.1. The maximum atomic E-state index is 10.6. The molecular weight excluding hydrogens is 594 g/mol. The predicted molar refractivity (Wildman–Crippen MR) is 199 cm³/mol. The van der Waals surface area contributed by atoms with Gasteiger partial charge in [-0.25, -0.2) is 8.42 Å². The Morgan fingerprint density at radius 2 is 0.630 bits per heavy atom. The second-order valence-corrected chi connectivity index (χ2v) is 16.5. The number of quaternary nitrogens is 1. The Bertz CT molecular complexity index is 650. The molecule has 280 valence electrons. The molecule has 0 radical (unpaired) electrons. The molecule has 0 fully saturated rings. The van der Waals surface area contributed by atoms with Gasteiger partial charge in [-0.1, -0.05) is 194 Å². The molecule has 0 heterocycles. The second-order valence-electron chi connectivity index (χ2n) is 15.1. The van der Waals surface area contributed by atoms with E-state index in [0.717, 1.165) is 43.3 Å². The van der Waals surface area contributed by atoms with Crippen LogP contribution in [0.25, 0.3) is 0 Å². The lowest BCUT2D eigenvalue weighted by Crippen LogP contribution is -2.49. The Morgan fingerprint density at radius 1 is 0.457 bits per heavy atom. The molecular formula is C39H83NO5S. The maximum Gasteiger partial charge on any atom is 0.105 e. The van der Waals surface area contributed by atoms with Crippen LogP contribution in [0, 0.1) is 0 Å². The van der Waals surface area contributed by atoms with Crippen LogP contribution in [0.1, 0.15) is 206 Å². The Labute approximate surface area is 289 Å². The molecule has 0 bridgehead atoms. The molecule has 0 aliphatic rings. The van der Waals surface area contributed by atoms with Gasteiger partial charge in [-0.15, -0.1) is 0 Å². The summed E-state index contributed by atoms with van der Waals surface area (Å²) >= 11 is 0. The molecule has 0 saturated heterocycles. The van der Waals surface area contributed by atoms with Crippen LogP contribution in [-0.2, 0) is 10.1 Å². The average molecular weight is 678 g/mol. The van der Waals surface area contributed by atoms with E-state index in [2.05, 4.69) is 27.9 Å². The summed E-state index contributed by atoms with van der Waals surface area (Å²) in [4.78, 5) is 0. The SMILES string of the molecule is CCCCCCCCCCCCCCCCC(O)C[N+](C)(C)CC(O)CCCCCCCCCCCCCCCC.CS(=O)(=O)[O-]. The van der Waals surface area contributed by atoms with Gasteiger partial charge in [-0.3, -0.25) is 0 Å². The number of hydrogen-bond acceptors (Lipinski definition) is 5. The first-order valence-electron chi connectivity index (χ1n) is 20.0. The topological polar surface area (TPSA) is 97.7 Å². The average Bonchev–Trinajstić information content (AvgIpc) is 2.96. The van der Waals surface area contributed by atoms with E-state index in [1.165, 1.54) is 167 Å². The summed E-state index contributed by atoms with van der Waals surface area (Å²) in [6, 6.07) is 0. The highest BCUT2D eigenvalue weighted by Gasteiger charge is 2.23. The van der Waals surface area contributed by atoms with E-state index >= 15 is 0 Å². The highest BCUT2D eigenvalue weighted by Crippen LogP contribution is 2.17. The summed E-state index contributed by atoms with van der Waals surface area (Å²) in [5.74, 6) is 0. The summed E-state index contributed by atoms with van der Waals surface area (Å²) in [5.41, 5.74) is 0. The lowest BCUT2D eigenvalue weighted by Gasteiger charge is -2.33. The number of nitrogens with zero attached hydrogens (tertiary/aromatic N) is 1. The number of unbranched alkanes of at least 4 members (excludes halogenated alkanes) is 26. The predicted octanol–water partition coefficient (Wildman–Crippen LogP) is 10.7. The zero-order valence-electron chi connectivity index (χ0n) is 31.8. The van der Waals surface area contributed by atoms with Crippen LogP contribution < -0.4 is 0 Å². The number of aliphatic hydroxyl groups is 2. The van der Waals surface area contributed by atoms with Gasteiger partial charge in [0.1, 0.15) is 25.3 Å². The van der Waals surface area contributed by atoms with E-state index in [9.17, 15) is 10.2 Å². The van der Waals surface area contributed by atoms with Gasteiger partial charge in [-0.2, -0.15) is 0 Å². The summed E-state index contributed by atoms with van der Waals surface area (Å²) in [7, 11) is 0.422. The van der Waals surface area contributed by atoms with Gasteiger partial charge in [0, 0.05) is 6.26 Å². The van der Waals surface area contributed by atoms with E-state index in [0.29, 0.717) is 6.26 Å². The highest BCUT2D eigenvalue weighted by atomic mass is 32.2. The molecule has 0 aromatic heterocycles. The third kappa shape index (κ3) is 45.9. The zero-order chi connectivity index (χ0) is 34.8. The third-order valence-electron chi connectivity index (χ3n) is 9.19. The second kappa shape index (κ2) is 34.6. The molecule has 0 aromatic carbocycles. The van der Waals surface area contributed by atoms with Crippen LogP contribution in [0.3, 0.4) is 0 Å². The van der Waals surface area contributed by atoms with Crippen LogP contribution in [-0.4, -0.2) is 73.3 Å². The number of aliphatic hydroxyl groups excluding tert-OH is 2. The Morgan fingerprint density at radius 3 is 0.826 bits per heavy atom. The van der Waals surface area contributed by atoms with Gasteiger partial charge in [0.25, 0.3) is 0 Å². The van der Waals surface area contributed by atoms with Crippen molar-refractivity contribution in [3.63, 3.8) is 0 Å². The molecule has 6 nitrogen and oxygen atoms in total. The number of hydrogen-bond donors (Lipinski definition) is 2. The van der Waals surface area contributed by atoms with Crippen molar-refractivity contribution >= 4 is 10.1 Å². The minimum atomic E-state index is -3.92. The van der Waals surface area contributed by atoms with Crippen molar-refractivity contribution in [3.05, 3.63) is 0 Å². The van der Waals surface area contributed by atoms with Gasteiger partial charge in [0.2, 0.25) is 0 Å². The monoisotopic (exact) mass is 678 g/mol. The van der Waals surface area contributed by atoms with Crippen molar-refractivity contribution in [2.75, 3.05) is 33.4 Å². The van der Waals surface area contributed by atoms with Crippen molar-refractivity contribution in [2.24, 2.45) is 0 Å². The van der Waals surface area contributed by atoms with Gasteiger partial charge in [0.15, 0.2) is 0 Å². The minimum Gasteiger partial charge on any atom is -0.748 e. The first-order valence-corrected chi connectivity index (χ1v) is 21.8. The smallest absolute Gasteiger partial charge is 0.105 e. The van der Waals surface area contributed by atoms with Crippen molar-refractivity contribution in [1.29, 1.82) is 0 Å². The Hall–Kier alpha value is -0.210. The first kappa shape index (κ1) is 47.9. The zero-order valence-corrected chi connectivity index (χ0v) is 32.6. The molecule has 0 aromatic rings. The minimum absolute atomic E-state index is 0.240. The fraction of sp³-hybridized carbons (Fsp3) is 1.00. The molecule has 0 spiro atoms.